The standard InChI is InChI=1S/C18H31N5O3.HI/c1-4-19-18(20-12-15(24)16-6-5-11-26-16)23-9-7-22(8-10-23)13-17(25)21-14(2)3;/h5-6,11,14-15,24H,4,7-10,12-13H2,1-3H3,(H,19,20)(H,21,25);1H. The van der Waals surface area contributed by atoms with Gasteiger partial charge in [0, 0.05) is 38.8 Å². The van der Waals surface area contributed by atoms with Gasteiger partial charge < -0.3 is 25.1 Å². The minimum absolute atomic E-state index is 0. The van der Waals surface area contributed by atoms with Crippen molar-refractivity contribution in [2.45, 2.75) is 32.9 Å². The van der Waals surface area contributed by atoms with E-state index in [4.69, 9.17) is 4.42 Å². The highest BCUT2D eigenvalue weighted by Gasteiger charge is 2.21. The molecule has 8 nitrogen and oxygen atoms in total. The Balaban J connectivity index is 0.00000364. The van der Waals surface area contributed by atoms with Crippen molar-refractivity contribution in [1.29, 1.82) is 0 Å². The van der Waals surface area contributed by atoms with Crippen LogP contribution in [0, 0.1) is 0 Å². The Labute approximate surface area is 178 Å². The number of hydrogen-bond donors (Lipinski definition) is 3. The molecule has 1 aromatic heterocycles. The lowest BCUT2D eigenvalue weighted by Crippen LogP contribution is -2.54. The van der Waals surface area contributed by atoms with Gasteiger partial charge in [0.25, 0.3) is 0 Å². The second-order valence-electron chi connectivity index (χ2n) is 6.71. The fourth-order valence-corrected chi connectivity index (χ4v) is 2.86. The van der Waals surface area contributed by atoms with Crippen LogP contribution in [0.25, 0.3) is 0 Å². The molecule has 0 bridgehead atoms. The normalized spacial score (nSPS) is 16.8. The molecule has 2 rings (SSSR count). The zero-order valence-electron chi connectivity index (χ0n) is 16.4. The molecular weight excluding hydrogens is 461 g/mol. The molecule has 1 aromatic rings. The number of furan rings is 1. The monoisotopic (exact) mass is 493 g/mol. The van der Waals surface area contributed by atoms with Gasteiger partial charge >= 0.3 is 0 Å². The topological polar surface area (TPSA) is 93.3 Å². The highest BCUT2D eigenvalue weighted by atomic mass is 127. The summed E-state index contributed by atoms with van der Waals surface area (Å²) in [5.74, 6) is 1.37. The number of rotatable bonds is 7. The van der Waals surface area contributed by atoms with Crippen LogP contribution in [-0.4, -0.2) is 78.6 Å². The van der Waals surface area contributed by atoms with Crippen molar-refractivity contribution in [2.24, 2.45) is 4.99 Å². The summed E-state index contributed by atoms with van der Waals surface area (Å²) in [5.41, 5.74) is 0. The zero-order chi connectivity index (χ0) is 18.9. The number of nitrogens with one attached hydrogen (secondary N) is 2. The Morgan fingerprint density at radius 1 is 1.33 bits per heavy atom. The molecule has 27 heavy (non-hydrogen) atoms. The fourth-order valence-electron chi connectivity index (χ4n) is 2.86. The van der Waals surface area contributed by atoms with Gasteiger partial charge in [0.15, 0.2) is 5.96 Å². The van der Waals surface area contributed by atoms with E-state index in [0.717, 1.165) is 38.7 Å². The quantitative estimate of drug-likeness (QED) is 0.299. The van der Waals surface area contributed by atoms with Crippen molar-refractivity contribution in [1.82, 2.24) is 20.4 Å². The first-order valence-electron chi connectivity index (χ1n) is 9.26. The number of aliphatic hydroxyl groups excluding tert-OH is 1. The molecule has 0 aliphatic carbocycles. The maximum atomic E-state index is 11.9. The van der Waals surface area contributed by atoms with Crippen molar-refractivity contribution >= 4 is 35.8 Å². The second-order valence-corrected chi connectivity index (χ2v) is 6.71. The maximum absolute atomic E-state index is 11.9. The third-order valence-electron chi connectivity index (χ3n) is 4.11. The van der Waals surface area contributed by atoms with Crippen molar-refractivity contribution < 1.29 is 14.3 Å². The Morgan fingerprint density at radius 2 is 2.04 bits per heavy atom. The van der Waals surface area contributed by atoms with Crippen LogP contribution in [0.3, 0.4) is 0 Å². The summed E-state index contributed by atoms with van der Waals surface area (Å²) in [7, 11) is 0. The van der Waals surface area contributed by atoms with Gasteiger partial charge in [0.1, 0.15) is 11.9 Å². The van der Waals surface area contributed by atoms with E-state index >= 15 is 0 Å². The number of carbonyl (C=O) groups excluding carboxylic acids is 1. The number of hydrogen-bond acceptors (Lipinski definition) is 5. The minimum Gasteiger partial charge on any atom is -0.467 e. The third-order valence-corrected chi connectivity index (χ3v) is 4.11. The third kappa shape index (κ3) is 8.06. The molecule has 1 fully saturated rings. The molecule has 1 amide bonds. The molecule has 154 valence electrons. The summed E-state index contributed by atoms with van der Waals surface area (Å²) in [6, 6.07) is 3.66. The highest BCUT2D eigenvalue weighted by Crippen LogP contribution is 2.13. The first-order chi connectivity index (χ1) is 12.5. The first kappa shape index (κ1) is 23.7. The number of carbonyl (C=O) groups is 1. The van der Waals surface area contributed by atoms with Crippen LogP contribution in [0.1, 0.15) is 32.6 Å². The lowest BCUT2D eigenvalue weighted by molar-refractivity contribution is -0.123. The van der Waals surface area contributed by atoms with Gasteiger partial charge in [-0.15, -0.1) is 24.0 Å². The van der Waals surface area contributed by atoms with Crippen molar-refractivity contribution in [3.05, 3.63) is 24.2 Å². The van der Waals surface area contributed by atoms with E-state index < -0.39 is 6.10 Å². The number of aliphatic imine (C=N–C) groups is 1. The minimum atomic E-state index is -0.750. The number of halogens is 1. The van der Waals surface area contributed by atoms with E-state index in [0.29, 0.717) is 12.3 Å². The van der Waals surface area contributed by atoms with E-state index in [2.05, 4.69) is 25.4 Å². The Kier molecular flexibility index (Phi) is 10.7. The number of piperazine rings is 1. The number of amides is 1. The van der Waals surface area contributed by atoms with Crippen LogP contribution < -0.4 is 10.6 Å². The van der Waals surface area contributed by atoms with Crippen LogP contribution in [0.4, 0.5) is 0 Å². The lowest BCUT2D eigenvalue weighted by atomic mass is 10.3. The molecule has 2 heterocycles. The van der Waals surface area contributed by atoms with E-state index in [1.54, 1.807) is 18.4 Å². The molecule has 1 aliphatic heterocycles. The van der Waals surface area contributed by atoms with Gasteiger partial charge in [-0.2, -0.15) is 0 Å². The summed E-state index contributed by atoms with van der Waals surface area (Å²) in [6.45, 7) is 10.6. The summed E-state index contributed by atoms with van der Waals surface area (Å²) in [4.78, 5) is 20.7. The van der Waals surface area contributed by atoms with E-state index in [-0.39, 0.29) is 42.5 Å². The number of guanidine groups is 1. The SMILES string of the molecule is CCNC(=NCC(O)c1ccco1)N1CCN(CC(=O)NC(C)C)CC1.I. The molecule has 0 spiro atoms. The molecule has 0 radical (unpaired) electrons. The maximum Gasteiger partial charge on any atom is 0.234 e. The zero-order valence-corrected chi connectivity index (χ0v) is 18.7. The summed E-state index contributed by atoms with van der Waals surface area (Å²) in [6.07, 6.45) is 0.793. The molecule has 3 N–H and O–H groups in total. The molecule has 9 heteroatoms. The molecule has 0 aromatic carbocycles. The molecular formula is C18H32IN5O3. The summed E-state index contributed by atoms with van der Waals surface area (Å²) in [5, 5.41) is 16.3. The predicted octanol–water partition coefficient (Wildman–Crippen LogP) is 1.04. The Morgan fingerprint density at radius 3 is 2.59 bits per heavy atom. The summed E-state index contributed by atoms with van der Waals surface area (Å²) < 4.78 is 5.21. The van der Waals surface area contributed by atoms with Crippen LogP contribution in [0.2, 0.25) is 0 Å². The average Bonchev–Trinajstić information content (AvgIpc) is 3.13. The fraction of sp³-hybridized carbons (Fsp3) is 0.667. The summed E-state index contributed by atoms with van der Waals surface area (Å²) >= 11 is 0. The van der Waals surface area contributed by atoms with Gasteiger partial charge in [-0.05, 0) is 32.9 Å². The van der Waals surface area contributed by atoms with Gasteiger partial charge in [0.05, 0.1) is 19.4 Å². The van der Waals surface area contributed by atoms with E-state index in [9.17, 15) is 9.90 Å². The largest absolute Gasteiger partial charge is 0.467 e. The number of aliphatic hydroxyl groups is 1. The van der Waals surface area contributed by atoms with Gasteiger partial charge in [-0.1, -0.05) is 0 Å². The Bertz CT molecular complexity index is 572. The molecule has 0 saturated carbocycles. The lowest BCUT2D eigenvalue weighted by Gasteiger charge is -2.36. The van der Waals surface area contributed by atoms with Gasteiger partial charge in [0.2, 0.25) is 5.91 Å². The second kappa shape index (κ2) is 12.2. The Hall–Kier alpha value is -1.33. The molecule has 1 saturated heterocycles. The van der Waals surface area contributed by atoms with Crippen LogP contribution >= 0.6 is 24.0 Å². The predicted molar refractivity (Wildman–Crippen MR) is 116 cm³/mol. The van der Waals surface area contributed by atoms with Gasteiger partial charge in [-0.3, -0.25) is 9.69 Å². The van der Waals surface area contributed by atoms with Gasteiger partial charge in [-0.25, -0.2) is 4.99 Å². The van der Waals surface area contributed by atoms with Crippen LogP contribution in [0.5, 0.6) is 0 Å². The van der Waals surface area contributed by atoms with E-state index in [1.165, 1.54) is 0 Å². The highest BCUT2D eigenvalue weighted by molar-refractivity contribution is 14.0. The number of nitrogens with zero attached hydrogens (tertiary/aromatic N) is 3. The molecule has 1 atom stereocenters. The van der Waals surface area contributed by atoms with Crippen molar-refractivity contribution in [3.8, 4) is 0 Å². The van der Waals surface area contributed by atoms with E-state index in [1.807, 2.05) is 20.8 Å². The average molecular weight is 493 g/mol. The smallest absolute Gasteiger partial charge is 0.234 e. The molecule has 1 aliphatic rings. The van der Waals surface area contributed by atoms with Crippen LogP contribution in [0.15, 0.2) is 27.8 Å². The van der Waals surface area contributed by atoms with Crippen molar-refractivity contribution in [2.75, 3.05) is 45.8 Å². The first-order valence-corrected chi connectivity index (χ1v) is 9.26. The van der Waals surface area contributed by atoms with Crippen molar-refractivity contribution in [3.63, 3.8) is 0 Å². The molecule has 1 unspecified atom stereocenters. The van der Waals surface area contributed by atoms with Crippen LogP contribution in [-0.2, 0) is 4.79 Å².